The van der Waals surface area contributed by atoms with E-state index < -0.39 is 0 Å². The molecular weight excluding hydrogens is 843 g/mol. The van der Waals surface area contributed by atoms with E-state index in [-0.39, 0.29) is 0 Å². The zero-order chi connectivity index (χ0) is 45.2. The summed E-state index contributed by atoms with van der Waals surface area (Å²) >= 11 is 1.87. The largest absolute Gasteiger partial charge is 0.310 e. The van der Waals surface area contributed by atoms with Crippen LogP contribution in [0.5, 0.6) is 0 Å². The number of thiophene rings is 1. The number of hydrogen-bond donors (Lipinski definition) is 0. The van der Waals surface area contributed by atoms with Crippen molar-refractivity contribution in [2.45, 2.75) is 0 Å². The second-order valence-electron chi connectivity index (χ2n) is 17.0. The number of benzene rings is 11. The minimum Gasteiger partial charge on any atom is -0.310 e. The number of anilines is 9. The van der Waals surface area contributed by atoms with Crippen LogP contribution >= 0.6 is 11.3 Å². The number of para-hydroxylation sites is 4. The van der Waals surface area contributed by atoms with Crippen molar-refractivity contribution in [2.75, 3.05) is 14.7 Å². The number of hydrogen-bond acceptors (Lipinski definition) is 4. The Balaban J connectivity index is 1.08. The third kappa shape index (κ3) is 7.73. The fourth-order valence-electron chi connectivity index (χ4n) is 9.65. The Hall–Kier alpha value is -8.70. The van der Waals surface area contributed by atoms with Crippen molar-refractivity contribution in [1.29, 1.82) is 0 Å². The molecule has 0 fully saturated rings. The fourth-order valence-corrected chi connectivity index (χ4v) is 10.9. The van der Waals surface area contributed by atoms with Gasteiger partial charge in [0.05, 0.1) is 17.1 Å². The fraction of sp³-hybridized carbons (Fsp3) is 0. The summed E-state index contributed by atoms with van der Waals surface area (Å²) < 4.78 is 2.61. The second kappa shape index (κ2) is 17.9. The quantitative estimate of drug-likeness (QED) is 0.128. The minimum absolute atomic E-state index is 1.02. The van der Waals surface area contributed by atoms with Gasteiger partial charge in [0.15, 0.2) is 0 Å². The summed E-state index contributed by atoms with van der Waals surface area (Å²) in [6.07, 6.45) is 0. The third-order valence-electron chi connectivity index (χ3n) is 12.8. The van der Waals surface area contributed by atoms with Gasteiger partial charge in [-0.05, 0) is 130 Å². The Morgan fingerprint density at radius 3 is 1.09 bits per heavy atom. The van der Waals surface area contributed by atoms with Gasteiger partial charge >= 0.3 is 0 Å². The molecule has 0 bridgehead atoms. The van der Waals surface area contributed by atoms with Crippen molar-refractivity contribution in [1.82, 2.24) is 0 Å². The second-order valence-corrected chi connectivity index (χ2v) is 18.0. The monoisotopic (exact) mass is 887 g/mol. The van der Waals surface area contributed by atoms with Crippen LogP contribution < -0.4 is 14.7 Å². The van der Waals surface area contributed by atoms with Gasteiger partial charge in [-0.25, -0.2) is 0 Å². The first-order valence-corrected chi connectivity index (χ1v) is 23.9. The van der Waals surface area contributed by atoms with Crippen LogP contribution in [0.15, 0.2) is 273 Å². The van der Waals surface area contributed by atoms with Crippen LogP contribution in [0.25, 0.3) is 53.2 Å². The van der Waals surface area contributed by atoms with Crippen LogP contribution in [0.2, 0.25) is 0 Å². The van der Waals surface area contributed by atoms with Gasteiger partial charge in [0, 0.05) is 54.3 Å². The molecule has 12 aromatic rings. The van der Waals surface area contributed by atoms with E-state index in [2.05, 4.69) is 288 Å². The van der Waals surface area contributed by atoms with E-state index in [1.165, 1.54) is 53.2 Å². The molecule has 0 saturated heterocycles. The molecule has 322 valence electrons. The first-order chi connectivity index (χ1) is 33.7. The molecule has 0 aliphatic heterocycles. The third-order valence-corrected chi connectivity index (χ3v) is 14.0. The van der Waals surface area contributed by atoms with Gasteiger partial charge in [-0.2, -0.15) is 0 Å². The van der Waals surface area contributed by atoms with Gasteiger partial charge in [-0.1, -0.05) is 176 Å². The Morgan fingerprint density at radius 2 is 0.588 bits per heavy atom. The molecule has 11 aromatic carbocycles. The van der Waals surface area contributed by atoms with Crippen molar-refractivity contribution in [3.8, 4) is 22.3 Å². The molecule has 0 radical (unpaired) electrons. The van der Waals surface area contributed by atoms with E-state index in [4.69, 9.17) is 0 Å². The lowest BCUT2D eigenvalue weighted by Gasteiger charge is -2.33. The van der Waals surface area contributed by atoms with E-state index >= 15 is 0 Å². The van der Waals surface area contributed by atoms with Crippen molar-refractivity contribution in [3.63, 3.8) is 0 Å². The zero-order valence-electron chi connectivity index (χ0n) is 37.2. The van der Waals surface area contributed by atoms with Crippen LogP contribution in [0.3, 0.4) is 0 Å². The molecule has 0 aliphatic rings. The molecule has 0 N–H and O–H groups in total. The average Bonchev–Trinajstić information content (AvgIpc) is 3.80. The van der Waals surface area contributed by atoms with Crippen molar-refractivity contribution < 1.29 is 0 Å². The topological polar surface area (TPSA) is 9.72 Å². The van der Waals surface area contributed by atoms with E-state index in [9.17, 15) is 0 Å². The molecule has 0 saturated carbocycles. The van der Waals surface area contributed by atoms with Gasteiger partial charge < -0.3 is 14.7 Å². The highest BCUT2D eigenvalue weighted by Crippen LogP contribution is 2.47. The SMILES string of the molecule is c1ccc(N(c2ccccc2)c2cc(N(c3ccccc3)c3ccccc3)cc(N(c3ccc(-c4cccc5ccccc45)cc3)c3ccc(-c4cccc5c4sc4ccccc45)cc3)c2)cc1. The molecule has 0 aliphatic carbocycles. The lowest BCUT2D eigenvalue weighted by atomic mass is 9.98. The summed E-state index contributed by atoms with van der Waals surface area (Å²) in [5.41, 5.74) is 14.3. The van der Waals surface area contributed by atoms with Gasteiger partial charge in [0.1, 0.15) is 0 Å². The molecule has 3 nitrogen and oxygen atoms in total. The standard InChI is InChI=1S/C64H45N3S/c1-5-21-49(22-6-1)65(50-23-7-2-8-24-50)55-43-56(66(51-25-9-3-10-26-51)52-27-11-4-12-28-52)45-57(44-55)67(53-39-35-47(36-40-53)59-31-17-20-46-19-13-14-29-58(46)59)54-41-37-48(38-42-54)60-32-18-33-62-61-30-15-16-34-63(61)68-64(60)62/h1-45H. The van der Waals surface area contributed by atoms with Crippen LogP contribution in [0.4, 0.5) is 51.2 Å². The number of rotatable bonds is 11. The molecule has 0 amide bonds. The Labute approximate surface area is 401 Å². The van der Waals surface area contributed by atoms with E-state index in [0.717, 1.165) is 51.2 Å². The van der Waals surface area contributed by atoms with Crippen LogP contribution in [-0.2, 0) is 0 Å². The highest BCUT2D eigenvalue weighted by molar-refractivity contribution is 7.26. The number of nitrogens with zero attached hydrogens (tertiary/aromatic N) is 3. The van der Waals surface area contributed by atoms with Gasteiger partial charge in [-0.3, -0.25) is 0 Å². The Morgan fingerprint density at radius 1 is 0.235 bits per heavy atom. The summed E-state index contributed by atoms with van der Waals surface area (Å²) in [7, 11) is 0. The molecule has 0 atom stereocenters. The zero-order valence-corrected chi connectivity index (χ0v) is 38.0. The summed E-state index contributed by atoms with van der Waals surface area (Å²) in [4.78, 5) is 7.13. The maximum absolute atomic E-state index is 2.41. The van der Waals surface area contributed by atoms with E-state index in [1.54, 1.807) is 0 Å². The summed E-state index contributed by atoms with van der Waals surface area (Å²) in [5, 5.41) is 5.08. The number of fused-ring (bicyclic) bond motifs is 4. The van der Waals surface area contributed by atoms with Crippen molar-refractivity contribution in [3.05, 3.63) is 273 Å². The maximum Gasteiger partial charge on any atom is 0.0503 e. The lowest BCUT2D eigenvalue weighted by molar-refractivity contribution is 1.22. The van der Waals surface area contributed by atoms with Crippen LogP contribution in [0, 0.1) is 0 Å². The summed E-state index contributed by atoms with van der Waals surface area (Å²) in [6.45, 7) is 0. The van der Waals surface area contributed by atoms with Crippen LogP contribution in [-0.4, -0.2) is 0 Å². The van der Waals surface area contributed by atoms with E-state index in [0.29, 0.717) is 0 Å². The van der Waals surface area contributed by atoms with Crippen molar-refractivity contribution >= 4 is 93.5 Å². The molecule has 0 unspecified atom stereocenters. The average molecular weight is 888 g/mol. The highest BCUT2D eigenvalue weighted by Gasteiger charge is 2.23. The highest BCUT2D eigenvalue weighted by atomic mass is 32.1. The molecular formula is C64H45N3S. The predicted molar refractivity (Wildman–Crippen MR) is 292 cm³/mol. The molecule has 1 aromatic heterocycles. The predicted octanol–water partition coefficient (Wildman–Crippen LogP) is 19.0. The molecule has 68 heavy (non-hydrogen) atoms. The lowest BCUT2D eigenvalue weighted by Crippen LogP contribution is -2.16. The first kappa shape index (κ1) is 40.8. The smallest absolute Gasteiger partial charge is 0.0503 e. The van der Waals surface area contributed by atoms with Crippen molar-refractivity contribution in [2.24, 2.45) is 0 Å². The normalized spacial score (nSPS) is 11.2. The molecule has 1 heterocycles. The maximum atomic E-state index is 2.41. The van der Waals surface area contributed by atoms with Gasteiger partial charge in [0.25, 0.3) is 0 Å². The molecule has 4 heteroatoms. The summed E-state index contributed by atoms with van der Waals surface area (Å²) in [6, 6.07) is 98.6. The van der Waals surface area contributed by atoms with Gasteiger partial charge in [-0.15, -0.1) is 11.3 Å². The Kier molecular flexibility index (Phi) is 10.8. The van der Waals surface area contributed by atoms with Gasteiger partial charge in [0.2, 0.25) is 0 Å². The minimum atomic E-state index is 1.02. The molecule has 12 rings (SSSR count). The summed E-state index contributed by atoms with van der Waals surface area (Å²) in [5.74, 6) is 0. The van der Waals surface area contributed by atoms with Crippen LogP contribution in [0.1, 0.15) is 0 Å². The van der Waals surface area contributed by atoms with E-state index in [1.807, 2.05) is 11.3 Å². The first-order valence-electron chi connectivity index (χ1n) is 23.1. The Bertz CT molecular complexity index is 3480. The molecule has 0 spiro atoms.